The maximum atomic E-state index is 5.58. The summed E-state index contributed by atoms with van der Waals surface area (Å²) in [6, 6.07) is 5.98. The van der Waals surface area contributed by atoms with E-state index in [2.05, 4.69) is 37.3 Å². The average molecular weight is 342 g/mol. The Hall–Kier alpha value is -0.980. The molecule has 3 nitrogen and oxygen atoms in total. The number of hydrogen-bond donors (Lipinski definition) is 1. The number of rotatable bonds is 4. The van der Waals surface area contributed by atoms with E-state index in [9.17, 15) is 0 Å². The Morgan fingerprint density at radius 3 is 2.94 bits per heavy atom. The molecule has 2 heterocycles. The highest BCUT2D eigenvalue weighted by Crippen LogP contribution is 2.23. The molecule has 0 saturated carbocycles. The van der Waals surface area contributed by atoms with Crippen LogP contribution in [-0.4, -0.2) is 17.0 Å². The summed E-state index contributed by atoms with van der Waals surface area (Å²) < 4.78 is 1.14. The largest absolute Gasteiger partial charge is 0.388 e. The lowest BCUT2D eigenvalue weighted by molar-refractivity contribution is 0.924. The summed E-state index contributed by atoms with van der Waals surface area (Å²) in [6.45, 7) is 0.836. The van der Waals surface area contributed by atoms with E-state index in [-0.39, 0.29) is 0 Å². The summed E-state index contributed by atoms with van der Waals surface area (Å²) in [4.78, 5) is 6.59. The maximum absolute atomic E-state index is 5.58. The van der Waals surface area contributed by atoms with Crippen molar-refractivity contribution in [2.24, 2.45) is 5.73 Å². The third kappa shape index (κ3) is 3.28. The number of thiocarbonyl (C=S) groups is 1. The molecule has 0 aromatic carbocycles. The Labute approximate surface area is 124 Å². The molecule has 0 aliphatic carbocycles. The monoisotopic (exact) mass is 341 g/mol. The summed E-state index contributed by atoms with van der Waals surface area (Å²) in [5.41, 5.74) is 8.56. The van der Waals surface area contributed by atoms with Crippen LogP contribution >= 0.6 is 39.5 Å². The van der Waals surface area contributed by atoms with Crippen molar-refractivity contribution in [1.82, 2.24) is 4.98 Å². The first-order valence-corrected chi connectivity index (χ1v) is 7.34. The molecule has 2 N–H and O–H groups in total. The predicted octanol–water partition coefficient (Wildman–Crippen LogP) is 3.18. The van der Waals surface area contributed by atoms with E-state index in [0.717, 1.165) is 16.0 Å². The second-order valence-corrected chi connectivity index (χ2v) is 6.61. The molecule has 94 valence electrons. The molecule has 0 bridgehead atoms. The fourth-order valence-corrected chi connectivity index (χ4v) is 2.90. The number of anilines is 1. The van der Waals surface area contributed by atoms with Crippen LogP contribution < -0.4 is 10.6 Å². The van der Waals surface area contributed by atoms with Gasteiger partial charge in [0.1, 0.15) is 4.99 Å². The molecule has 0 unspecified atom stereocenters. The molecule has 0 fully saturated rings. The van der Waals surface area contributed by atoms with E-state index < -0.39 is 0 Å². The van der Waals surface area contributed by atoms with Crippen LogP contribution in [0.15, 0.2) is 33.6 Å². The van der Waals surface area contributed by atoms with Gasteiger partial charge in [-0.15, -0.1) is 11.3 Å². The highest BCUT2D eigenvalue weighted by Gasteiger charge is 2.06. The number of pyridine rings is 1. The Kier molecular flexibility index (Phi) is 4.31. The number of hydrogen-bond acceptors (Lipinski definition) is 4. The van der Waals surface area contributed by atoms with Crippen molar-refractivity contribution in [1.29, 1.82) is 0 Å². The maximum Gasteiger partial charge on any atom is 0.122 e. The predicted molar refractivity (Wildman–Crippen MR) is 84.3 cm³/mol. The van der Waals surface area contributed by atoms with Crippen LogP contribution in [0.3, 0.4) is 0 Å². The molecule has 0 radical (unpaired) electrons. The van der Waals surface area contributed by atoms with Crippen molar-refractivity contribution in [2.45, 2.75) is 6.54 Å². The van der Waals surface area contributed by atoms with Crippen LogP contribution in [0.1, 0.15) is 11.3 Å². The van der Waals surface area contributed by atoms with Gasteiger partial charge in [0.15, 0.2) is 0 Å². The van der Waals surface area contributed by atoms with Crippen molar-refractivity contribution >= 4 is 50.2 Å². The second-order valence-electron chi connectivity index (χ2n) is 3.88. The lowest BCUT2D eigenvalue weighted by Crippen LogP contribution is -2.18. The van der Waals surface area contributed by atoms with Crippen molar-refractivity contribution in [3.05, 3.63) is 44.8 Å². The molecule has 2 aromatic rings. The summed E-state index contributed by atoms with van der Waals surface area (Å²) >= 11 is 10.1. The minimum Gasteiger partial charge on any atom is -0.388 e. The van der Waals surface area contributed by atoms with Gasteiger partial charge in [0, 0.05) is 25.5 Å². The quantitative estimate of drug-likeness (QED) is 0.867. The normalized spacial score (nSPS) is 10.3. The minimum atomic E-state index is 0.323. The van der Waals surface area contributed by atoms with E-state index in [1.54, 1.807) is 17.5 Å². The van der Waals surface area contributed by atoms with Gasteiger partial charge in [-0.25, -0.2) is 0 Å². The van der Waals surface area contributed by atoms with Crippen molar-refractivity contribution in [2.75, 3.05) is 11.9 Å². The van der Waals surface area contributed by atoms with Gasteiger partial charge in [-0.3, -0.25) is 4.98 Å². The van der Waals surface area contributed by atoms with Crippen molar-refractivity contribution in [3.8, 4) is 0 Å². The van der Waals surface area contributed by atoms with Crippen LogP contribution in [0, 0.1) is 0 Å². The number of halogens is 1. The highest BCUT2D eigenvalue weighted by molar-refractivity contribution is 9.11. The Bertz CT molecular complexity index is 568. The van der Waals surface area contributed by atoms with Crippen LogP contribution in [0.4, 0.5) is 5.69 Å². The van der Waals surface area contributed by atoms with Crippen LogP contribution in [-0.2, 0) is 6.54 Å². The molecule has 2 rings (SSSR count). The standard InChI is InChI=1S/C12H12BrN3S2/c1-16(6-8-4-11(13)18-7-8)9-2-3-15-10(5-9)12(14)17/h2-5,7H,6H2,1H3,(H2,14,17). The first-order valence-electron chi connectivity index (χ1n) is 5.26. The van der Waals surface area contributed by atoms with Crippen molar-refractivity contribution in [3.63, 3.8) is 0 Å². The fraction of sp³-hybridized carbons (Fsp3) is 0.167. The number of nitrogens with two attached hydrogens (primary N) is 1. The summed E-state index contributed by atoms with van der Waals surface area (Å²) in [5.74, 6) is 0. The van der Waals surface area contributed by atoms with E-state index in [4.69, 9.17) is 18.0 Å². The van der Waals surface area contributed by atoms with Gasteiger partial charge in [-0.05, 0) is 45.1 Å². The first kappa shape index (κ1) is 13.5. The lowest BCUT2D eigenvalue weighted by Gasteiger charge is -2.19. The van der Waals surface area contributed by atoms with Gasteiger partial charge in [0.2, 0.25) is 0 Å². The smallest absolute Gasteiger partial charge is 0.122 e. The van der Waals surface area contributed by atoms with E-state index in [1.807, 2.05) is 19.2 Å². The van der Waals surface area contributed by atoms with E-state index >= 15 is 0 Å². The Morgan fingerprint density at radius 1 is 1.56 bits per heavy atom. The molecule has 2 aromatic heterocycles. The lowest BCUT2D eigenvalue weighted by atomic mass is 10.2. The molecule has 0 aliphatic heterocycles. The van der Waals surface area contributed by atoms with Gasteiger partial charge in [-0.1, -0.05) is 12.2 Å². The summed E-state index contributed by atoms with van der Waals surface area (Å²) in [5, 5.41) is 2.14. The molecular weight excluding hydrogens is 330 g/mol. The van der Waals surface area contributed by atoms with Gasteiger partial charge in [-0.2, -0.15) is 0 Å². The Balaban J connectivity index is 2.15. The minimum absolute atomic E-state index is 0.323. The van der Waals surface area contributed by atoms with Crippen LogP contribution in [0.2, 0.25) is 0 Å². The summed E-state index contributed by atoms with van der Waals surface area (Å²) in [6.07, 6.45) is 1.73. The van der Waals surface area contributed by atoms with Crippen LogP contribution in [0.25, 0.3) is 0 Å². The Morgan fingerprint density at radius 2 is 2.33 bits per heavy atom. The molecule has 0 spiro atoms. The molecule has 6 heteroatoms. The fourth-order valence-electron chi connectivity index (χ4n) is 1.59. The third-order valence-corrected chi connectivity index (χ3v) is 4.24. The zero-order chi connectivity index (χ0) is 13.1. The van der Waals surface area contributed by atoms with Gasteiger partial charge >= 0.3 is 0 Å². The van der Waals surface area contributed by atoms with E-state index in [0.29, 0.717) is 10.7 Å². The third-order valence-electron chi connectivity index (χ3n) is 2.48. The highest BCUT2D eigenvalue weighted by atomic mass is 79.9. The molecule has 0 atom stereocenters. The number of nitrogens with zero attached hydrogens (tertiary/aromatic N) is 2. The molecule has 0 amide bonds. The topological polar surface area (TPSA) is 42.2 Å². The summed E-state index contributed by atoms with van der Waals surface area (Å²) in [7, 11) is 2.03. The molecule has 0 saturated heterocycles. The zero-order valence-electron chi connectivity index (χ0n) is 9.76. The molecular formula is C12H12BrN3S2. The number of aromatic nitrogens is 1. The molecule has 0 aliphatic rings. The SMILES string of the molecule is CN(Cc1csc(Br)c1)c1ccnc(C(N)=S)c1. The first-order chi connectivity index (χ1) is 8.56. The average Bonchev–Trinajstić information content (AvgIpc) is 2.75. The van der Waals surface area contributed by atoms with Gasteiger partial charge in [0.05, 0.1) is 9.48 Å². The molecule has 18 heavy (non-hydrogen) atoms. The number of thiophene rings is 1. The van der Waals surface area contributed by atoms with Gasteiger partial charge in [0.25, 0.3) is 0 Å². The van der Waals surface area contributed by atoms with Crippen molar-refractivity contribution < 1.29 is 0 Å². The zero-order valence-corrected chi connectivity index (χ0v) is 13.0. The van der Waals surface area contributed by atoms with Gasteiger partial charge < -0.3 is 10.6 Å². The van der Waals surface area contributed by atoms with E-state index in [1.165, 1.54) is 5.56 Å². The van der Waals surface area contributed by atoms with Crippen LogP contribution in [0.5, 0.6) is 0 Å². The second kappa shape index (κ2) is 5.77.